The number of aliphatic hydroxyl groups excluding tert-OH is 3. The average molecular weight is 991 g/mol. The van der Waals surface area contributed by atoms with Crippen molar-refractivity contribution in [2.24, 2.45) is 5.92 Å². The van der Waals surface area contributed by atoms with E-state index in [1.165, 1.54) is 77.0 Å². The molecule has 0 amide bonds. The molecular formula is C50H88O15P2. The Morgan fingerprint density at radius 2 is 1.07 bits per heavy atom. The number of hydrogen-bond acceptors (Lipinski definition) is 12. The monoisotopic (exact) mass is 991 g/mol. The van der Waals surface area contributed by atoms with Crippen LogP contribution in [0.2, 0.25) is 0 Å². The normalized spacial score (nSPS) is 15.5. The highest BCUT2D eigenvalue weighted by Crippen LogP contribution is 2.44. The molecule has 0 fully saturated rings. The molecule has 0 bridgehead atoms. The second-order valence-electron chi connectivity index (χ2n) is 17.2. The fourth-order valence-electron chi connectivity index (χ4n) is 6.45. The molecule has 6 N–H and O–H groups in total. The van der Waals surface area contributed by atoms with E-state index in [9.17, 15) is 38.9 Å². The van der Waals surface area contributed by atoms with E-state index in [1.807, 2.05) is 49.5 Å². The number of allylic oxidation sites excluding steroid dienone is 8. The quantitative estimate of drug-likeness (QED) is 0.0109. The Labute approximate surface area is 402 Å². The van der Waals surface area contributed by atoms with Gasteiger partial charge in [0.05, 0.1) is 32.0 Å². The maximum absolute atomic E-state index is 12.7. The number of rotatable bonds is 45. The van der Waals surface area contributed by atoms with Crippen LogP contribution in [-0.2, 0) is 41.8 Å². The van der Waals surface area contributed by atoms with Crippen molar-refractivity contribution in [2.75, 3.05) is 26.4 Å². The van der Waals surface area contributed by atoms with E-state index >= 15 is 0 Å². The predicted octanol–water partition coefficient (Wildman–Crippen LogP) is 11.1. The zero-order valence-electron chi connectivity index (χ0n) is 40.9. The van der Waals surface area contributed by atoms with Crippen LogP contribution in [0, 0.1) is 5.92 Å². The summed E-state index contributed by atoms with van der Waals surface area (Å²) in [5.74, 6) is -0.402. The Balaban J connectivity index is 4.65. The van der Waals surface area contributed by atoms with Crippen molar-refractivity contribution in [2.45, 2.75) is 199 Å². The standard InChI is InChI=1S/C50H88O15P2/c1-4-5-26-34-45(51)35-28-22-18-16-19-23-29-36-46(52)37-30-25-32-38-49(54)61-42-48(43-64-67(59,60)63-41-47(53)40-62-66(56,57)58)65-50(55)39-31-24-20-15-13-11-9-7-6-8-10-12-14-17-21-27-33-44(2)3/h5,18-19,22-23,26,28-30,35-37,44-48,51-53H,4,6-17,20-21,24-25,27,31-34,38-43H2,1-3H3,(H,59,60)(H2,56,57,58)/b22-18-,23-19-,26-5-,35-28+,36-29+,37-30-/t45-,46-,47+,48-/m1/s1. The summed E-state index contributed by atoms with van der Waals surface area (Å²) in [6, 6.07) is 0. The smallest absolute Gasteiger partial charge is 0.462 e. The summed E-state index contributed by atoms with van der Waals surface area (Å²) in [4.78, 5) is 52.9. The molecule has 0 radical (unpaired) electrons. The lowest BCUT2D eigenvalue weighted by molar-refractivity contribution is -0.161. The molecule has 5 atom stereocenters. The topological polar surface area (TPSA) is 236 Å². The van der Waals surface area contributed by atoms with Gasteiger partial charge in [-0.2, -0.15) is 0 Å². The van der Waals surface area contributed by atoms with Crippen LogP contribution in [0.25, 0.3) is 0 Å². The maximum atomic E-state index is 12.7. The fourth-order valence-corrected chi connectivity index (χ4v) is 7.61. The zero-order valence-corrected chi connectivity index (χ0v) is 42.7. The summed E-state index contributed by atoms with van der Waals surface area (Å²) in [5.41, 5.74) is 0. The first-order valence-corrected chi connectivity index (χ1v) is 27.7. The Morgan fingerprint density at radius 3 is 1.64 bits per heavy atom. The molecule has 17 heteroatoms. The average Bonchev–Trinajstić information content (AvgIpc) is 3.27. The predicted molar refractivity (Wildman–Crippen MR) is 265 cm³/mol. The lowest BCUT2D eigenvalue weighted by Gasteiger charge is -2.20. The molecular weight excluding hydrogens is 902 g/mol. The van der Waals surface area contributed by atoms with Gasteiger partial charge in [0.2, 0.25) is 0 Å². The fraction of sp³-hybridized carbons (Fsp3) is 0.720. The molecule has 388 valence electrons. The van der Waals surface area contributed by atoms with E-state index < -0.39 is 78.4 Å². The van der Waals surface area contributed by atoms with Crippen molar-refractivity contribution >= 4 is 27.6 Å². The molecule has 0 rings (SSSR count). The van der Waals surface area contributed by atoms with Gasteiger partial charge in [-0.25, -0.2) is 9.13 Å². The highest BCUT2D eigenvalue weighted by molar-refractivity contribution is 7.47. The van der Waals surface area contributed by atoms with Crippen molar-refractivity contribution in [3.8, 4) is 0 Å². The minimum atomic E-state index is -4.89. The lowest BCUT2D eigenvalue weighted by atomic mass is 10.0. The summed E-state index contributed by atoms with van der Waals surface area (Å²) in [6.45, 7) is 3.71. The van der Waals surface area contributed by atoms with Gasteiger partial charge in [-0.3, -0.25) is 23.2 Å². The highest BCUT2D eigenvalue weighted by atomic mass is 31.2. The van der Waals surface area contributed by atoms with E-state index in [-0.39, 0.29) is 12.8 Å². The third-order valence-electron chi connectivity index (χ3n) is 10.2. The van der Waals surface area contributed by atoms with Crippen molar-refractivity contribution < 1.29 is 71.8 Å². The van der Waals surface area contributed by atoms with Crippen molar-refractivity contribution in [3.05, 3.63) is 72.9 Å². The largest absolute Gasteiger partial charge is 0.472 e. The van der Waals surface area contributed by atoms with E-state index in [0.29, 0.717) is 32.1 Å². The van der Waals surface area contributed by atoms with E-state index in [2.05, 4.69) is 22.9 Å². The van der Waals surface area contributed by atoms with Crippen LogP contribution in [0.4, 0.5) is 0 Å². The number of carbonyl (C=O) groups excluding carboxylic acids is 2. The number of hydrogen-bond donors (Lipinski definition) is 6. The van der Waals surface area contributed by atoms with E-state index in [4.69, 9.17) is 23.8 Å². The molecule has 0 heterocycles. The van der Waals surface area contributed by atoms with Gasteiger partial charge in [0.25, 0.3) is 0 Å². The molecule has 0 aliphatic carbocycles. The summed E-state index contributed by atoms with van der Waals surface area (Å²) < 4.78 is 47.8. The van der Waals surface area contributed by atoms with Gasteiger partial charge in [0, 0.05) is 12.8 Å². The number of aliphatic hydroxyl groups is 3. The molecule has 0 saturated heterocycles. The van der Waals surface area contributed by atoms with Crippen molar-refractivity contribution in [1.29, 1.82) is 0 Å². The molecule has 1 unspecified atom stereocenters. The second kappa shape index (κ2) is 43.5. The first-order valence-electron chi connectivity index (χ1n) is 24.7. The van der Waals surface area contributed by atoms with Crippen LogP contribution in [0.5, 0.6) is 0 Å². The van der Waals surface area contributed by atoms with Crippen molar-refractivity contribution in [1.82, 2.24) is 0 Å². The number of phosphoric acid groups is 2. The number of unbranched alkanes of at least 4 members (excludes halogenated alkanes) is 16. The van der Waals surface area contributed by atoms with Gasteiger partial charge in [-0.1, -0.05) is 196 Å². The minimum Gasteiger partial charge on any atom is -0.462 e. The Morgan fingerprint density at radius 1 is 0.552 bits per heavy atom. The number of ether oxygens (including phenoxy) is 2. The number of carbonyl (C=O) groups is 2. The van der Waals surface area contributed by atoms with Crippen LogP contribution in [0.15, 0.2) is 72.9 Å². The SMILES string of the molecule is CC/C=C\C[C@@H](O)/C=C/C=C\C/C=C\C=C\[C@@H](O)/C=C\CCCC(=O)OC[C@H](COP(=O)(O)OC[C@@H](O)COP(=O)(O)O)OC(=O)CCCCCCCCCCCCCCCCCCC(C)C. The van der Waals surface area contributed by atoms with Crippen molar-refractivity contribution in [3.63, 3.8) is 0 Å². The van der Waals surface area contributed by atoms with Crippen LogP contribution >= 0.6 is 15.6 Å². The molecule has 0 saturated carbocycles. The van der Waals surface area contributed by atoms with Gasteiger partial charge < -0.3 is 39.5 Å². The first-order chi connectivity index (χ1) is 32.0. The summed E-state index contributed by atoms with van der Waals surface area (Å²) in [5, 5.41) is 29.8. The van der Waals surface area contributed by atoms with Gasteiger partial charge >= 0.3 is 27.6 Å². The van der Waals surface area contributed by atoms with Gasteiger partial charge in [0.1, 0.15) is 12.7 Å². The maximum Gasteiger partial charge on any atom is 0.472 e. The molecule has 0 spiro atoms. The molecule has 0 aliphatic heterocycles. The third kappa shape index (κ3) is 48.3. The summed E-state index contributed by atoms with van der Waals surface area (Å²) in [7, 11) is -9.75. The van der Waals surface area contributed by atoms with Crippen LogP contribution < -0.4 is 0 Å². The van der Waals surface area contributed by atoms with Crippen LogP contribution in [0.1, 0.15) is 175 Å². The van der Waals surface area contributed by atoms with Gasteiger partial charge in [-0.15, -0.1) is 0 Å². The molecule has 0 aliphatic rings. The minimum absolute atomic E-state index is 0.00709. The molecule has 0 aromatic heterocycles. The third-order valence-corrected chi connectivity index (χ3v) is 11.6. The number of esters is 2. The summed E-state index contributed by atoms with van der Waals surface area (Å²) in [6.07, 6.45) is 41.1. The second-order valence-corrected chi connectivity index (χ2v) is 19.9. The van der Waals surface area contributed by atoms with Crippen LogP contribution in [0.3, 0.4) is 0 Å². The van der Waals surface area contributed by atoms with Crippen LogP contribution in [-0.4, -0.2) is 92.8 Å². The number of phosphoric ester groups is 2. The first kappa shape index (κ1) is 64.5. The molecule has 15 nitrogen and oxygen atoms in total. The molecule has 0 aromatic carbocycles. The highest BCUT2D eigenvalue weighted by Gasteiger charge is 2.28. The Bertz CT molecular complexity index is 1500. The van der Waals surface area contributed by atoms with Gasteiger partial charge in [-0.05, 0) is 44.4 Å². The van der Waals surface area contributed by atoms with E-state index in [0.717, 1.165) is 38.0 Å². The lowest BCUT2D eigenvalue weighted by Crippen LogP contribution is -2.30. The Hall–Kier alpha value is -2.52. The van der Waals surface area contributed by atoms with Gasteiger partial charge in [0.15, 0.2) is 6.10 Å². The van der Waals surface area contributed by atoms with E-state index in [1.54, 1.807) is 30.4 Å². The summed E-state index contributed by atoms with van der Waals surface area (Å²) >= 11 is 0. The zero-order chi connectivity index (χ0) is 49.9. The molecule has 67 heavy (non-hydrogen) atoms. The molecule has 0 aromatic rings. The Kier molecular flexibility index (Phi) is 41.9.